The van der Waals surface area contributed by atoms with E-state index in [4.69, 9.17) is 4.74 Å². The highest BCUT2D eigenvalue weighted by atomic mass is 16.5. The number of amides is 4. The molecule has 1 saturated heterocycles. The molecule has 0 aromatic heterocycles. The van der Waals surface area contributed by atoms with Crippen LogP contribution in [0.3, 0.4) is 0 Å². The van der Waals surface area contributed by atoms with E-state index in [9.17, 15) is 19.5 Å². The van der Waals surface area contributed by atoms with Crippen LogP contribution in [0, 0.1) is 0 Å². The normalized spacial score (nSPS) is 18.7. The maximum Gasteiger partial charge on any atom is 0.325 e. The second kappa shape index (κ2) is 7.94. The molecule has 3 N–H and O–H groups in total. The van der Waals surface area contributed by atoms with Crippen LogP contribution < -0.4 is 15.4 Å². The van der Waals surface area contributed by atoms with Crippen molar-refractivity contribution in [1.29, 1.82) is 0 Å². The van der Waals surface area contributed by atoms with E-state index in [-0.39, 0.29) is 16.9 Å². The highest BCUT2D eigenvalue weighted by Gasteiger charge is 2.49. The van der Waals surface area contributed by atoms with Crippen LogP contribution in [0.2, 0.25) is 0 Å². The maximum atomic E-state index is 13.0. The molecule has 4 amide bonds. The summed E-state index contributed by atoms with van der Waals surface area (Å²) in [7, 11) is 1.54. The number of phenols is 1. The van der Waals surface area contributed by atoms with Crippen molar-refractivity contribution in [2.45, 2.75) is 38.6 Å². The highest BCUT2D eigenvalue weighted by molar-refractivity contribution is 6.10. The van der Waals surface area contributed by atoms with Gasteiger partial charge in [0.2, 0.25) is 5.91 Å². The van der Waals surface area contributed by atoms with E-state index < -0.39 is 29.9 Å². The molecule has 1 aliphatic heterocycles. The van der Waals surface area contributed by atoms with Crippen LogP contribution in [-0.2, 0) is 20.5 Å². The average molecular weight is 425 g/mol. The van der Waals surface area contributed by atoms with Crippen molar-refractivity contribution in [3.05, 3.63) is 53.6 Å². The Morgan fingerprint density at radius 1 is 1.16 bits per heavy atom. The number of phenolic OH excluding ortho intramolecular Hbond substituents is 1. The van der Waals surface area contributed by atoms with Crippen molar-refractivity contribution in [2.24, 2.45) is 0 Å². The lowest BCUT2D eigenvalue weighted by atomic mass is 9.87. The fourth-order valence-corrected chi connectivity index (χ4v) is 3.40. The molecule has 8 nitrogen and oxygen atoms in total. The maximum absolute atomic E-state index is 13.0. The SMILES string of the molecule is COc1ccc(C2(C)NC(=O)N(CC(=O)Nc3cc(C(C)(C)C)ccc3O)C2=O)cc1. The number of methoxy groups -OCH3 is 1. The monoisotopic (exact) mass is 425 g/mol. The van der Waals surface area contributed by atoms with Gasteiger partial charge in [0.1, 0.15) is 23.6 Å². The predicted octanol–water partition coefficient (Wildman–Crippen LogP) is 3.10. The standard InChI is InChI=1S/C23H27N3O5/c1-22(2,3)15-8-11-18(27)17(12-15)24-19(28)13-26-20(29)23(4,25-21(26)30)14-6-9-16(31-5)10-7-14/h6-12,27H,13H2,1-5H3,(H,24,28)(H,25,30). The summed E-state index contributed by atoms with van der Waals surface area (Å²) >= 11 is 0. The van der Waals surface area contributed by atoms with Gasteiger partial charge in [-0.1, -0.05) is 39.0 Å². The molecule has 1 aliphatic rings. The van der Waals surface area contributed by atoms with Gasteiger partial charge in [-0.25, -0.2) is 4.79 Å². The van der Waals surface area contributed by atoms with E-state index in [1.165, 1.54) is 13.2 Å². The minimum atomic E-state index is -1.29. The lowest BCUT2D eigenvalue weighted by Crippen LogP contribution is -2.42. The Morgan fingerprint density at radius 3 is 2.39 bits per heavy atom. The number of carbonyl (C=O) groups excluding carboxylic acids is 3. The van der Waals surface area contributed by atoms with E-state index in [0.29, 0.717) is 11.3 Å². The number of hydrogen-bond donors (Lipinski definition) is 3. The Bertz CT molecular complexity index is 1030. The summed E-state index contributed by atoms with van der Waals surface area (Å²) in [6.07, 6.45) is 0. The van der Waals surface area contributed by atoms with Crippen LogP contribution in [0.1, 0.15) is 38.8 Å². The number of hydrogen-bond acceptors (Lipinski definition) is 5. The molecule has 31 heavy (non-hydrogen) atoms. The number of aromatic hydroxyl groups is 1. The summed E-state index contributed by atoms with van der Waals surface area (Å²) in [6, 6.07) is 11.1. The summed E-state index contributed by atoms with van der Waals surface area (Å²) in [4.78, 5) is 38.9. The Balaban J connectivity index is 1.76. The highest BCUT2D eigenvalue weighted by Crippen LogP contribution is 2.32. The number of nitrogens with one attached hydrogen (secondary N) is 2. The minimum absolute atomic E-state index is 0.0957. The largest absolute Gasteiger partial charge is 0.506 e. The van der Waals surface area contributed by atoms with E-state index in [1.807, 2.05) is 20.8 Å². The molecule has 1 heterocycles. The van der Waals surface area contributed by atoms with Crippen LogP contribution in [0.5, 0.6) is 11.5 Å². The van der Waals surface area contributed by atoms with Gasteiger partial charge in [-0.15, -0.1) is 0 Å². The Kier molecular flexibility index (Phi) is 5.67. The second-order valence-corrected chi connectivity index (χ2v) is 8.71. The van der Waals surface area contributed by atoms with E-state index in [1.54, 1.807) is 43.3 Å². The molecule has 8 heteroatoms. The van der Waals surface area contributed by atoms with Crippen molar-refractivity contribution in [1.82, 2.24) is 10.2 Å². The third kappa shape index (κ3) is 4.33. The third-order valence-electron chi connectivity index (χ3n) is 5.38. The topological polar surface area (TPSA) is 108 Å². The lowest BCUT2D eigenvalue weighted by Gasteiger charge is -2.22. The Morgan fingerprint density at radius 2 is 1.81 bits per heavy atom. The minimum Gasteiger partial charge on any atom is -0.506 e. The third-order valence-corrected chi connectivity index (χ3v) is 5.38. The molecule has 0 bridgehead atoms. The Hall–Kier alpha value is -3.55. The fourth-order valence-electron chi connectivity index (χ4n) is 3.40. The van der Waals surface area contributed by atoms with Gasteiger partial charge < -0.3 is 20.5 Å². The molecular formula is C23H27N3O5. The fraction of sp³-hybridized carbons (Fsp3) is 0.348. The summed E-state index contributed by atoms with van der Waals surface area (Å²) in [6.45, 7) is 7.15. The van der Waals surface area contributed by atoms with Crippen LogP contribution in [-0.4, -0.2) is 41.5 Å². The molecule has 0 spiro atoms. The van der Waals surface area contributed by atoms with Crippen molar-refractivity contribution in [3.63, 3.8) is 0 Å². The molecule has 2 aromatic carbocycles. The van der Waals surface area contributed by atoms with Gasteiger partial charge in [0.15, 0.2) is 0 Å². The van der Waals surface area contributed by atoms with E-state index >= 15 is 0 Å². The first-order chi connectivity index (χ1) is 14.5. The van der Waals surface area contributed by atoms with Crippen LogP contribution in [0.15, 0.2) is 42.5 Å². The van der Waals surface area contributed by atoms with E-state index in [0.717, 1.165) is 10.5 Å². The van der Waals surface area contributed by atoms with Gasteiger partial charge in [0.05, 0.1) is 12.8 Å². The first-order valence-corrected chi connectivity index (χ1v) is 9.87. The molecule has 2 aromatic rings. The molecule has 1 atom stereocenters. The average Bonchev–Trinajstić information content (AvgIpc) is 2.93. The molecular weight excluding hydrogens is 398 g/mol. The van der Waals surface area contributed by atoms with Gasteiger partial charge in [-0.2, -0.15) is 0 Å². The summed E-state index contributed by atoms with van der Waals surface area (Å²) in [5.74, 6) is -0.603. The quantitative estimate of drug-likeness (QED) is 0.504. The molecule has 1 fully saturated rings. The van der Waals surface area contributed by atoms with Crippen molar-refractivity contribution < 1.29 is 24.2 Å². The van der Waals surface area contributed by atoms with Crippen LogP contribution >= 0.6 is 0 Å². The van der Waals surface area contributed by atoms with Gasteiger partial charge >= 0.3 is 6.03 Å². The molecule has 3 rings (SSSR count). The lowest BCUT2D eigenvalue weighted by molar-refractivity contribution is -0.133. The predicted molar refractivity (Wildman–Crippen MR) is 116 cm³/mol. The second-order valence-electron chi connectivity index (χ2n) is 8.71. The number of carbonyl (C=O) groups is 3. The summed E-state index contributed by atoms with van der Waals surface area (Å²) in [5, 5.41) is 15.4. The number of ether oxygens (including phenoxy) is 1. The van der Waals surface area contributed by atoms with Crippen molar-refractivity contribution in [3.8, 4) is 11.5 Å². The van der Waals surface area contributed by atoms with Gasteiger partial charge in [-0.05, 0) is 47.7 Å². The first kappa shape index (κ1) is 22.1. The summed E-state index contributed by atoms with van der Waals surface area (Å²) in [5.41, 5.74) is 0.242. The molecule has 0 radical (unpaired) electrons. The number of imide groups is 1. The van der Waals surface area contributed by atoms with Gasteiger partial charge in [0.25, 0.3) is 5.91 Å². The smallest absolute Gasteiger partial charge is 0.325 e. The molecule has 0 aliphatic carbocycles. The number of benzene rings is 2. The number of rotatable bonds is 5. The first-order valence-electron chi connectivity index (χ1n) is 9.87. The zero-order valence-electron chi connectivity index (χ0n) is 18.3. The molecule has 0 saturated carbocycles. The van der Waals surface area contributed by atoms with Crippen LogP contribution in [0.25, 0.3) is 0 Å². The van der Waals surface area contributed by atoms with Crippen molar-refractivity contribution in [2.75, 3.05) is 19.0 Å². The number of anilines is 1. The van der Waals surface area contributed by atoms with Crippen LogP contribution in [0.4, 0.5) is 10.5 Å². The molecule has 164 valence electrons. The number of nitrogens with zero attached hydrogens (tertiary/aromatic N) is 1. The van der Waals surface area contributed by atoms with Crippen molar-refractivity contribution >= 4 is 23.5 Å². The van der Waals surface area contributed by atoms with E-state index in [2.05, 4.69) is 10.6 Å². The van der Waals surface area contributed by atoms with Gasteiger partial charge in [0, 0.05) is 0 Å². The zero-order chi connectivity index (χ0) is 23.0. The number of urea groups is 1. The molecule has 1 unspecified atom stereocenters. The Labute approximate surface area is 181 Å². The zero-order valence-corrected chi connectivity index (χ0v) is 18.3. The van der Waals surface area contributed by atoms with Gasteiger partial charge in [-0.3, -0.25) is 14.5 Å². The summed E-state index contributed by atoms with van der Waals surface area (Å²) < 4.78 is 5.13.